The van der Waals surface area contributed by atoms with Crippen LogP contribution in [0.3, 0.4) is 0 Å². The van der Waals surface area contributed by atoms with Crippen LogP contribution in [0.1, 0.15) is 30.3 Å². The van der Waals surface area contributed by atoms with Crippen LogP contribution in [0.15, 0.2) is 18.3 Å². The summed E-state index contributed by atoms with van der Waals surface area (Å²) in [5.74, 6) is -0.264. The third-order valence-electron chi connectivity index (χ3n) is 2.84. The summed E-state index contributed by atoms with van der Waals surface area (Å²) in [4.78, 5) is 24.7. The van der Waals surface area contributed by atoms with Crippen molar-refractivity contribution >= 4 is 11.9 Å². The van der Waals surface area contributed by atoms with Gasteiger partial charge < -0.3 is 14.2 Å². The average Bonchev–Trinajstić information content (AvgIpc) is 2.85. The fourth-order valence-corrected chi connectivity index (χ4v) is 1.74. The molecule has 0 unspecified atom stereocenters. The number of esters is 1. The van der Waals surface area contributed by atoms with E-state index in [9.17, 15) is 9.59 Å². The van der Waals surface area contributed by atoms with Crippen LogP contribution >= 0.6 is 0 Å². The van der Waals surface area contributed by atoms with Crippen molar-refractivity contribution in [2.75, 3.05) is 20.7 Å². The summed E-state index contributed by atoms with van der Waals surface area (Å²) in [6.07, 6.45) is 2.83. The number of ether oxygens (including phenoxy) is 1. The lowest BCUT2D eigenvalue weighted by Gasteiger charge is -2.17. The Hall–Kier alpha value is -1.78. The number of hydrogen-bond donors (Lipinski definition) is 0. The van der Waals surface area contributed by atoms with E-state index in [0.29, 0.717) is 25.1 Å². The highest BCUT2D eigenvalue weighted by Crippen LogP contribution is 2.07. The van der Waals surface area contributed by atoms with E-state index in [1.165, 1.54) is 7.11 Å². The number of hydrogen-bond acceptors (Lipinski definition) is 3. The van der Waals surface area contributed by atoms with Gasteiger partial charge in [-0.15, -0.1) is 0 Å². The lowest BCUT2D eigenvalue weighted by Crippen LogP contribution is -2.29. The Balaban J connectivity index is 2.49. The molecule has 1 amide bonds. The highest BCUT2D eigenvalue weighted by Gasteiger charge is 2.15. The fourth-order valence-electron chi connectivity index (χ4n) is 1.74. The molecule has 1 aromatic rings. The maximum Gasteiger partial charge on any atom is 0.305 e. The largest absolute Gasteiger partial charge is 0.469 e. The molecule has 1 rings (SSSR count). The molecule has 0 aromatic carbocycles. The molecule has 100 valence electrons. The van der Waals surface area contributed by atoms with Crippen LogP contribution in [-0.2, 0) is 16.1 Å². The van der Waals surface area contributed by atoms with Crippen LogP contribution in [0.4, 0.5) is 0 Å². The molecule has 0 bridgehead atoms. The molecule has 18 heavy (non-hydrogen) atoms. The smallest absolute Gasteiger partial charge is 0.305 e. The Bertz CT molecular complexity index is 412. The van der Waals surface area contributed by atoms with Gasteiger partial charge in [0.05, 0.1) is 7.11 Å². The molecule has 5 nitrogen and oxygen atoms in total. The van der Waals surface area contributed by atoms with E-state index in [4.69, 9.17) is 0 Å². The van der Waals surface area contributed by atoms with E-state index < -0.39 is 0 Å². The second-order valence-electron chi connectivity index (χ2n) is 4.09. The van der Waals surface area contributed by atoms with Crippen LogP contribution < -0.4 is 0 Å². The minimum absolute atomic E-state index is 0.0216. The standard InChI is InChI=1S/C13H20N2O3/c1-4-15-10-5-7-11(15)13(17)14(2)9-6-8-12(16)18-3/h5,7,10H,4,6,8-9H2,1-3H3. The van der Waals surface area contributed by atoms with Crippen LogP contribution in [0.5, 0.6) is 0 Å². The first kappa shape index (κ1) is 14.3. The van der Waals surface area contributed by atoms with Crippen LogP contribution in [-0.4, -0.2) is 42.0 Å². The van der Waals surface area contributed by atoms with Crippen molar-refractivity contribution in [3.63, 3.8) is 0 Å². The lowest BCUT2D eigenvalue weighted by molar-refractivity contribution is -0.140. The molecule has 0 atom stereocenters. The Morgan fingerprint density at radius 3 is 2.78 bits per heavy atom. The zero-order valence-electron chi connectivity index (χ0n) is 11.2. The fraction of sp³-hybridized carbons (Fsp3) is 0.538. The summed E-state index contributed by atoms with van der Waals surface area (Å²) in [5.41, 5.74) is 0.679. The van der Waals surface area contributed by atoms with Crippen LogP contribution in [0, 0.1) is 0 Å². The molecule has 0 fully saturated rings. The minimum Gasteiger partial charge on any atom is -0.469 e. The highest BCUT2D eigenvalue weighted by molar-refractivity contribution is 5.92. The maximum atomic E-state index is 12.1. The second kappa shape index (κ2) is 6.83. The number of aryl methyl sites for hydroxylation is 1. The third kappa shape index (κ3) is 3.61. The normalized spacial score (nSPS) is 10.2. The zero-order chi connectivity index (χ0) is 13.5. The molecule has 0 saturated carbocycles. The maximum absolute atomic E-state index is 12.1. The third-order valence-corrected chi connectivity index (χ3v) is 2.84. The van der Waals surface area contributed by atoms with Gasteiger partial charge in [-0.05, 0) is 25.5 Å². The molecule has 0 aliphatic carbocycles. The molecular formula is C13H20N2O3. The Kier molecular flexibility index (Phi) is 5.42. The first-order valence-electron chi connectivity index (χ1n) is 6.07. The topological polar surface area (TPSA) is 51.5 Å². The van der Waals surface area contributed by atoms with Crippen molar-refractivity contribution in [2.45, 2.75) is 26.3 Å². The first-order valence-corrected chi connectivity index (χ1v) is 6.07. The van der Waals surface area contributed by atoms with Gasteiger partial charge in [0.25, 0.3) is 5.91 Å². The summed E-state index contributed by atoms with van der Waals surface area (Å²) < 4.78 is 6.46. The lowest BCUT2D eigenvalue weighted by atomic mass is 10.3. The van der Waals surface area contributed by atoms with Gasteiger partial charge in [-0.25, -0.2) is 0 Å². The van der Waals surface area contributed by atoms with Crippen molar-refractivity contribution in [3.05, 3.63) is 24.0 Å². The van der Waals surface area contributed by atoms with Crippen molar-refractivity contribution in [1.82, 2.24) is 9.47 Å². The summed E-state index contributed by atoms with van der Waals surface area (Å²) in [5, 5.41) is 0. The van der Waals surface area contributed by atoms with Gasteiger partial charge >= 0.3 is 5.97 Å². The van der Waals surface area contributed by atoms with Crippen molar-refractivity contribution < 1.29 is 14.3 Å². The molecule has 1 aromatic heterocycles. The van der Waals surface area contributed by atoms with Crippen molar-refractivity contribution in [1.29, 1.82) is 0 Å². The molecule has 0 N–H and O–H groups in total. The number of carbonyl (C=O) groups excluding carboxylic acids is 2. The summed E-state index contributed by atoms with van der Waals surface area (Å²) in [6, 6.07) is 3.67. The van der Waals surface area contributed by atoms with E-state index in [-0.39, 0.29) is 11.9 Å². The van der Waals surface area contributed by atoms with Gasteiger partial charge in [-0.3, -0.25) is 9.59 Å². The van der Waals surface area contributed by atoms with Gasteiger partial charge in [0.15, 0.2) is 0 Å². The number of aromatic nitrogens is 1. The SMILES string of the molecule is CCn1cccc1C(=O)N(C)CCCC(=O)OC. The summed E-state index contributed by atoms with van der Waals surface area (Å²) >= 11 is 0. The van der Waals surface area contributed by atoms with Gasteiger partial charge in [0.2, 0.25) is 0 Å². The van der Waals surface area contributed by atoms with Crippen molar-refractivity contribution in [2.24, 2.45) is 0 Å². The number of amides is 1. The first-order chi connectivity index (χ1) is 8.60. The van der Waals surface area contributed by atoms with E-state index in [0.717, 1.165) is 6.54 Å². The van der Waals surface area contributed by atoms with E-state index in [1.807, 2.05) is 29.8 Å². The average molecular weight is 252 g/mol. The summed E-state index contributed by atoms with van der Waals surface area (Å²) in [6.45, 7) is 3.31. The molecule has 0 spiro atoms. The number of rotatable bonds is 6. The van der Waals surface area contributed by atoms with Gasteiger partial charge in [0, 0.05) is 32.8 Å². The van der Waals surface area contributed by atoms with Crippen LogP contribution in [0.2, 0.25) is 0 Å². The Morgan fingerprint density at radius 2 is 2.17 bits per heavy atom. The van der Waals surface area contributed by atoms with Gasteiger partial charge in [-0.2, -0.15) is 0 Å². The predicted molar refractivity (Wildman–Crippen MR) is 68.3 cm³/mol. The quantitative estimate of drug-likeness (QED) is 0.721. The molecule has 5 heteroatoms. The molecule has 0 aliphatic heterocycles. The van der Waals surface area contributed by atoms with E-state index in [2.05, 4.69) is 4.74 Å². The molecule has 1 heterocycles. The number of methoxy groups -OCH3 is 1. The Morgan fingerprint density at radius 1 is 1.44 bits per heavy atom. The van der Waals surface area contributed by atoms with Crippen molar-refractivity contribution in [3.8, 4) is 0 Å². The van der Waals surface area contributed by atoms with E-state index in [1.54, 1.807) is 11.9 Å². The molecule has 0 radical (unpaired) electrons. The predicted octanol–water partition coefficient (Wildman–Crippen LogP) is 1.53. The van der Waals surface area contributed by atoms with Gasteiger partial charge in [0.1, 0.15) is 5.69 Å². The highest BCUT2D eigenvalue weighted by atomic mass is 16.5. The minimum atomic E-state index is -0.243. The second-order valence-corrected chi connectivity index (χ2v) is 4.09. The molecule has 0 aliphatic rings. The molecule has 0 saturated heterocycles. The number of nitrogens with zero attached hydrogens (tertiary/aromatic N) is 2. The summed E-state index contributed by atoms with van der Waals surface area (Å²) in [7, 11) is 3.11. The molecular weight excluding hydrogens is 232 g/mol. The monoisotopic (exact) mass is 252 g/mol. The zero-order valence-corrected chi connectivity index (χ0v) is 11.2. The Labute approximate surface area is 107 Å². The number of carbonyl (C=O) groups is 2. The van der Waals surface area contributed by atoms with E-state index >= 15 is 0 Å². The van der Waals surface area contributed by atoms with Crippen LogP contribution in [0.25, 0.3) is 0 Å². The van der Waals surface area contributed by atoms with Gasteiger partial charge in [-0.1, -0.05) is 0 Å².